The number of hydrogen-bond donors (Lipinski definition) is 3. The van der Waals surface area contributed by atoms with Crippen molar-refractivity contribution in [2.45, 2.75) is 45.8 Å². The molecule has 0 aromatic heterocycles. The van der Waals surface area contributed by atoms with E-state index in [0.717, 1.165) is 17.5 Å². The first-order chi connectivity index (χ1) is 7.83. The van der Waals surface area contributed by atoms with E-state index in [1.165, 1.54) is 0 Å². The Morgan fingerprint density at radius 2 is 1.94 bits per heavy atom. The third kappa shape index (κ3) is 4.36. The molecule has 1 rings (SSSR count). The van der Waals surface area contributed by atoms with Gasteiger partial charge in [-0.15, -0.1) is 0 Å². The van der Waals surface area contributed by atoms with Gasteiger partial charge in [-0.05, 0) is 50.5 Å². The normalized spacial score (nSPS) is 13.7. The Labute approximate surface area is 103 Å². The van der Waals surface area contributed by atoms with Gasteiger partial charge in [0.1, 0.15) is 5.75 Å². The van der Waals surface area contributed by atoms with Crippen LogP contribution < -0.4 is 5.32 Å². The van der Waals surface area contributed by atoms with Gasteiger partial charge >= 0.3 is 0 Å². The van der Waals surface area contributed by atoms with Gasteiger partial charge in [0.25, 0.3) is 0 Å². The topological polar surface area (TPSA) is 52.5 Å². The fraction of sp³-hybridized carbons (Fsp3) is 0.571. The van der Waals surface area contributed by atoms with Crippen molar-refractivity contribution in [3.63, 3.8) is 0 Å². The van der Waals surface area contributed by atoms with Crippen LogP contribution in [-0.4, -0.2) is 22.3 Å². The number of nitrogens with one attached hydrogen (secondary N) is 1. The lowest BCUT2D eigenvalue weighted by Gasteiger charge is -2.23. The first-order valence-electron chi connectivity index (χ1n) is 6.08. The van der Waals surface area contributed by atoms with Crippen LogP contribution in [0.4, 0.5) is 0 Å². The van der Waals surface area contributed by atoms with Crippen molar-refractivity contribution in [3.05, 3.63) is 29.3 Å². The molecule has 0 saturated carbocycles. The molecule has 0 bridgehead atoms. The average Bonchev–Trinajstić information content (AvgIpc) is 2.25. The molecule has 0 spiro atoms. The first kappa shape index (κ1) is 14.0. The molecule has 0 saturated heterocycles. The number of phenolic OH excluding ortho intramolecular Hbond substituents is 1. The lowest BCUT2D eigenvalue weighted by Crippen LogP contribution is -2.38. The van der Waals surface area contributed by atoms with Gasteiger partial charge in [0.05, 0.1) is 6.10 Å². The summed E-state index contributed by atoms with van der Waals surface area (Å²) in [5.41, 5.74) is 1.71. The van der Waals surface area contributed by atoms with Gasteiger partial charge in [0.2, 0.25) is 0 Å². The summed E-state index contributed by atoms with van der Waals surface area (Å²) in [4.78, 5) is 0. The van der Waals surface area contributed by atoms with Crippen LogP contribution in [-0.2, 0) is 6.42 Å². The van der Waals surface area contributed by atoms with Crippen LogP contribution in [0.5, 0.6) is 5.75 Å². The minimum atomic E-state index is -0.542. The van der Waals surface area contributed by atoms with Gasteiger partial charge in [-0.1, -0.05) is 13.0 Å². The van der Waals surface area contributed by atoms with Crippen LogP contribution >= 0.6 is 0 Å². The molecule has 0 amide bonds. The van der Waals surface area contributed by atoms with Crippen molar-refractivity contribution in [3.8, 4) is 5.75 Å². The molecule has 0 heterocycles. The summed E-state index contributed by atoms with van der Waals surface area (Å²) < 4.78 is 0. The van der Waals surface area contributed by atoms with Crippen LogP contribution in [0, 0.1) is 0 Å². The lowest BCUT2D eigenvalue weighted by atomic mass is 10.0. The van der Waals surface area contributed by atoms with Crippen LogP contribution in [0.15, 0.2) is 18.2 Å². The second-order valence-electron chi connectivity index (χ2n) is 5.39. The van der Waals surface area contributed by atoms with Gasteiger partial charge < -0.3 is 15.5 Å². The third-order valence-corrected chi connectivity index (χ3v) is 2.69. The van der Waals surface area contributed by atoms with E-state index >= 15 is 0 Å². The van der Waals surface area contributed by atoms with Crippen LogP contribution in [0.2, 0.25) is 0 Å². The smallest absolute Gasteiger partial charge is 0.118 e. The monoisotopic (exact) mass is 237 g/mol. The Morgan fingerprint density at radius 1 is 1.29 bits per heavy atom. The van der Waals surface area contributed by atoms with Gasteiger partial charge in [-0.25, -0.2) is 0 Å². The molecule has 17 heavy (non-hydrogen) atoms. The molecule has 0 aliphatic carbocycles. The minimum Gasteiger partial charge on any atom is -0.508 e. The molecule has 1 aromatic rings. The third-order valence-electron chi connectivity index (χ3n) is 2.69. The summed E-state index contributed by atoms with van der Waals surface area (Å²) in [5, 5.41) is 22.9. The van der Waals surface area contributed by atoms with E-state index < -0.39 is 6.10 Å². The number of aryl methyl sites for hydroxylation is 1. The predicted octanol–water partition coefficient (Wildman–Crippen LogP) is 2.38. The van der Waals surface area contributed by atoms with Crippen molar-refractivity contribution >= 4 is 0 Å². The van der Waals surface area contributed by atoms with Crippen molar-refractivity contribution in [2.75, 3.05) is 6.54 Å². The lowest BCUT2D eigenvalue weighted by molar-refractivity contribution is 0.163. The fourth-order valence-electron chi connectivity index (χ4n) is 1.62. The number of aliphatic hydroxyl groups excluding tert-OH is 1. The van der Waals surface area contributed by atoms with Gasteiger partial charge in [0.15, 0.2) is 0 Å². The molecule has 1 atom stereocenters. The standard InChI is InChI=1S/C14H23NO2/c1-5-10-8-11(6-7-12(10)16)13(17)9-15-14(2,3)4/h6-8,13,15-17H,5,9H2,1-4H3. The molecule has 3 nitrogen and oxygen atoms in total. The SMILES string of the molecule is CCc1cc(C(O)CNC(C)(C)C)ccc1O. The largest absolute Gasteiger partial charge is 0.508 e. The molecule has 0 radical (unpaired) electrons. The summed E-state index contributed by atoms with van der Waals surface area (Å²) in [7, 11) is 0. The zero-order valence-corrected chi connectivity index (χ0v) is 11.1. The summed E-state index contributed by atoms with van der Waals surface area (Å²) in [6.45, 7) is 8.69. The zero-order chi connectivity index (χ0) is 13.1. The van der Waals surface area contributed by atoms with Crippen molar-refractivity contribution < 1.29 is 10.2 Å². The number of phenols is 1. The maximum absolute atomic E-state index is 10.1. The quantitative estimate of drug-likeness (QED) is 0.753. The molecule has 0 aliphatic heterocycles. The molecule has 0 fully saturated rings. The van der Waals surface area contributed by atoms with Crippen molar-refractivity contribution in [1.29, 1.82) is 0 Å². The highest BCUT2D eigenvalue weighted by Gasteiger charge is 2.14. The summed E-state index contributed by atoms with van der Waals surface area (Å²) in [6.07, 6.45) is 0.221. The van der Waals surface area contributed by atoms with E-state index in [1.54, 1.807) is 12.1 Å². The molecule has 96 valence electrons. The van der Waals surface area contributed by atoms with Crippen LogP contribution in [0.1, 0.15) is 44.9 Å². The summed E-state index contributed by atoms with van der Waals surface area (Å²) >= 11 is 0. The van der Waals surface area contributed by atoms with Gasteiger partial charge in [-0.2, -0.15) is 0 Å². The van der Waals surface area contributed by atoms with E-state index in [2.05, 4.69) is 26.1 Å². The number of rotatable bonds is 4. The Balaban J connectivity index is 2.72. The highest BCUT2D eigenvalue weighted by atomic mass is 16.3. The van der Waals surface area contributed by atoms with E-state index in [4.69, 9.17) is 0 Å². The molecular formula is C14H23NO2. The predicted molar refractivity (Wildman–Crippen MR) is 70.2 cm³/mol. The summed E-state index contributed by atoms with van der Waals surface area (Å²) in [6, 6.07) is 5.28. The van der Waals surface area contributed by atoms with E-state index in [1.807, 2.05) is 13.0 Å². The average molecular weight is 237 g/mol. The number of aromatic hydroxyl groups is 1. The highest BCUT2D eigenvalue weighted by Crippen LogP contribution is 2.22. The maximum atomic E-state index is 10.1. The van der Waals surface area contributed by atoms with E-state index in [9.17, 15) is 10.2 Å². The van der Waals surface area contributed by atoms with E-state index in [-0.39, 0.29) is 5.54 Å². The second-order valence-corrected chi connectivity index (χ2v) is 5.39. The summed E-state index contributed by atoms with van der Waals surface area (Å²) in [5.74, 6) is 0.298. The maximum Gasteiger partial charge on any atom is 0.118 e. The van der Waals surface area contributed by atoms with Crippen molar-refractivity contribution in [1.82, 2.24) is 5.32 Å². The minimum absolute atomic E-state index is 0.00845. The molecule has 1 unspecified atom stereocenters. The molecular weight excluding hydrogens is 214 g/mol. The van der Waals surface area contributed by atoms with E-state index in [0.29, 0.717) is 12.3 Å². The number of β-amino-alcohol motifs (C(OH)–C–C–N with tert-alkyl or cyclic N) is 1. The molecule has 0 aliphatic rings. The van der Waals surface area contributed by atoms with Crippen LogP contribution in [0.25, 0.3) is 0 Å². The first-order valence-corrected chi connectivity index (χ1v) is 6.08. The van der Waals surface area contributed by atoms with Gasteiger partial charge in [0, 0.05) is 12.1 Å². The Bertz CT molecular complexity index is 369. The van der Waals surface area contributed by atoms with Gasteiger partial charge in [-0.3, -0.25) is 0 Å². The number of benzene rings is 1. The molecule has 3 heteroatoms. The van der Waals surface area contributed by atoms with Crippen LogP contribution in [0.3, 0.4) is 0 Å². The Hall–Kier alpha value is -1.06. The Morgan fingerprint density at radius 3 is 2.47 bits per heavy atom. The molecule has 3 N–H and O–H groups in total. The molecule has 1 aromatic carbocycles. The Kier molecular flexibility index (Phi) is 4.54. The zero-order valence-electron chi connectivity index (χ0n) is 11.1. The van der Waals surface area contributed by atoms with Crippen molar-refractivity contribution in [2.24, 2.45) is 0 Å². The second kappa shape index (κ2) is 5.52. The number of aliphatic hydroxyl groups is 1. The highest BCUT2D eigenvalue weighted by molar-refractivity contribution is 5.37. The fourth-order valence-corrected chi connectivity index (χ4v) is 1.62. The number of hydrogen-bond acceptors (Lipinski definition) is 3.